The lowest BCUT2D eigenvalue weighted by Gasteiger charge is -2.19. The molecule has 1 N–H and O–H groups in total. The number of carbonyl (C=O) groups excluding carboxylic acids is 1. The van der Waals surface area contributed by atoms with E-state index in [4.69, 9.17) is 0 Å². The molecular formula is C17H19N3O3S. The van der Waals surface area contributed by atoms with Crippen molar-refractivity contribution in [2.24, 2.45) is 5.92 Å². The molecule has 1 aromatic heterocycles. The monoisotopic (exact) mass is 345 g/mol. The van der Waals surface area contributed by atoms with Crippen molar-refractivity contribution in [3.63, 3.8) is 0 Å². The third-order valence-corrected chi connectivity index (χ3v) is 5.17. The van der Waals surface area contributed by atoms with E-state index in [0.717, 1.165) is 25.7 Å². The van der Waals surface area contributed by atoms with Crippen LogP contribution in [0.2, 0.25) is 0 Å². The Hall–Kier alpha value is -2.28. The number of nitro benzene ring substituents is 1. The number of benzene rings is 1. The van der Waals surface area contributed by atoms with Crippen molar-refractivity contribution >= 4 is 28.1 Å². The Kier molecular flexibility index (Phi) is 4.89. The quantitative estimate of drug-likeness (QED) is 0.651. The maximum atomic E-state index is 12.3. The fraction of sp³-hybridized carbons (Fsp3) is 0.412. The number of carbonyl (C=O) groups is 1. The van der Waals surface area contributed by atoms with Gasteiger partial charge in [-0.05, 0) is 19.8 Å². The molecular weight excluding hydrogens is 326 g/mol. The first-order valence-corrected chi connectivity index (χ1v) is 8.94. The molecule has 0 radical (unpaired) electrons. The number of aryl methyl sites for hydroxylation is 1. The van der Waals surface area contributed by atoms with Gasteiger partial charge in [-0.1, -0.05) is 31.4 Å². The van der Waals surface area contributed by atoms with Crippen molar-refractivity contribution in [1.82, 2.24) is 4.98 Å². The van der Waals surface area contributed by atoms with Gasteiger partial charge in [0.2, 0.25) is 5.91 Å². The second-order valence-corrected chi connectivity index (χ2v) is 6.98. The standard InChI is InChI=1S/C17H19N3O3S/c1-11-7-8-13(9-15(11)20(22)23)14-10-24-17(18-14)19-16(21)12-5-3-2-4-6-12/h7-10,12H,2-6H2,1H3,(H,18,19,21). The Labute approximate surface area is 144 Å². The zero-order valence-electron chi connectivity index (χ0n) is 13.4. The van der Waals surface area contributed by atoms with Crippen molar-refractivity contribution in [3.8, 4) is 11.3 Å². The summed E-state index contributed by atoms with van der Waals surface area (Å²) in [5.74, 6) is 0.108. The molecule has 6 nitrogen and oxygen atoms in total. The Balaban J connectivity index is 1.74. The average molecular weight is 345 g/mol. The van der Waals surface area contributed by atoms with Gasteiger partial charge in [0.15, 0.2) is 5.13 Å². The van der Waals surface area contributed by atoms with Crippen LogP contribution in [0.3, 0.4) is 0 Å². The van der Waals surface area contributed by atoms with Crippen LogP contribution < -0.4 is 5.32 Å². The van der Waals surface area contributed by atoms with E-state index in [1.807, 2.05) is 11.4 Å². The first-order chi connectivity index (χ1) is 11.5. The molecule has 0 spiro atoms. The summed E-state index contributed by atoms with van der Waals surface area (Å²) < 4.78 is 0. The molecule has 1 amide bonds. The molecule has 3 rings (SSSR count). The van der Waals surface area contributed by atoms with Gasteiger partial charge in [-0.15, -0.1) is 11.3 Å². The van der Waals surface area contributed by atoms with Gasteiger partial charge in [0, 0.05) is 28.5 Å². The predicted molar refractivity (Wildman–Crippen MR) is 94.1 cm³/mol. The van der Waals surface area contributed by atoms with Crippen molar-refractivity contribution < 1.29 is 9.72 Å². The summed E-state index contributed by atoms with van der Waals surface area (Å²) in [6.07, 6.45) is 5.29. The molecule has 126 valence electrons. The van der Waals surface area contributed by atoms with E-state index in [1.54, 1.807) is 13.0 Å². The highest BCUT2D eigenvalue weighted by molar-refractivity contribution is 7.14. The Morgan fingerprint density at radius 1 is 1.33 bits per heavy atom. The van der Waals surface area contributed by atoms with Gasteiger partial charge in [0.25, 0.3) is 5.69 Å². The van der Waals surface area contributed by atoms with E-state index in [2.05, 4.69) is 10.3 Å². The molecule has 1 aliphatic carbocycles. The van der Waals surface area contributed by atoms with E-state index in [0.29, 0.717) is 22.0 Å². The second kappa shape index (κ2) is 7.09. The second-order valence-electron chi connectivity index (χ2n) is 6.12. The maximum absolute atomic E-state index is 12.3. The van der Waals surface area contributed by atoms with Gasteiger partial charge in [0.05, 0.1) is 10.6 Å². The number of hydrogen-bond donors (Lipinski definition) is 1. The van der Waals surface area contributed by atoms with E-state index in [1.165, 1.54) is 23.8 Å². The van der Waals surface area contributed by atoms with Crippen LogP contribution in [0.25, 0.3) is 11.3 Å². The molecule has 1 aromatic carbocycles. The fourth-order valence-corrected chi connectivity index (χ4v) is 3.72. The molecule has 7 heteroatoms. The normalized spacial score (nSPS) is 15.2. The summed E-state index contributed by atoms with van der Waals surface area (Å²) in [6, 6.07) is 5.05. The van der Waals surface area contributed by atoms with Crippen molar-refractivity contribution in [3.05, 3.63) is 39.3 Å². The molecule has 0 unspecified atom stereocenters. The molecule has 1 fully saturated rings. The van der Waals surface area contributed by atoms with Gasteiger partial charge < -0.3 is 5.32 Å². The van der Waals surface area contributed by atoms with Crippen LogP contribution in [0.5, 0.6) is 0 Å². The Morgan fingerprint density at radius 2 is 2.08 bits per heavy atom. The summed E-state index contributed by atoms with van der Waals surface area (Å²) >= 11 is 1.34. The van der Waals surface area contributed by atoms with Crippen LogP contribution in [-0.4, -0.2) is 15.8 Å². The van der Waals surface area contributed by atoms with Crippen LogP contribution in [0, 0.1) is 23.0 Å². The van der Waals surface area contributed by atoms with Crippen LogP contribution in [0.15, 0.2) is 23.6 Å². The minimum atomic E-state index is -0.392. The smallest absolute Gasteiger partial charge is 0.272 e. The lowest BCUT2D eigenvalue weighted by Crippen LogP contribution is -2.24. The molecule has 1 heterocycles. The predicted octanol–water partition coefficient (Wildman–Crippen LogP) is 4.55. The van der Waals surface area contributed by atoms with E-state index < -0.39 is 4.92 Å². The SMILES string of the molecule is Cc1ccc(-c2csc(NC(=O)C3CCCCC3)n2)cc1[N+](=O)[O-]. The molecule has 0 atom stereocenters. The van der Waals surface area contributed by atoms with Gasteiger partial charge in [0.1, 0.15) is 0 Å². The van der Waals surface area contributed by atoms with Crippen LogP contribution in [0.1, 0.15) is 37.7 Å². The fourth-order valence-electron chi connectivity index (χ4n) is 3.00. The number of nitrogens with zero attached hydrogens (tertiary/aromatic N) is 2. The van der Waals surface area contributed by atoms with Crippen molar-refractivity contribution in [1.29, 1.82) is 0 Å². The van der Waals surface area contributed by atoms with Gasteiger partial charge in [-0.2, -0.15) is 0 Å². The minimum Gasteiger partial charge on any atom is -0.302 e. The Morgan fingerprint density at radius 3 is 2.79 bits per heavy atom. The van der Waals surface area contributed by atoms with Gasteiger partial charge >= 0.3 is 0 Å². The third-order valence-electron chi connectivity index (χ3n) is 4.41. The number of aromatic nitrogens is 1. The third kappa shape index (κ3) is 3.62. The molecule has 2 aromatic rings. The maximum Gasteiger partial charge on any atom is 0.272 e. The Bertz CT molecular complexity index is 766. The number of hydrogen-bond acceptors (Lipinski definition) is 5. The summed E-state index contributed by atoms with van der Waals surface area (Å²) in [4.78, 5) is 27.3. The molecule has 0 aliphatic heterocycles. The van der Waals surface area contributed by atoms with Gasteiger partial charge in [-0.25, -0.2) is 4.98 Å². The molecule has 24 heavy (non-hydrogen) atoms. The van der Waals surface area contributed by atoms with Crippen molar-refractivity contribution in [2.75, 3.05) is 5.32 Å². The van der Waals surface area contributed by atoms with Crippen molar-refractivity contribution in [2.45, 2.75) is 39.0 Å². The summed E-state index contributed by atoms with van der Waals surface area (Å²) in [6.45, 7) is 1.71. The first kappa shape index (κ1) is 16.6. The van der Waals surface area contributed by atoms with Gasteiger partial charge in [-0.3, -0.25) is 14.9 Å². The van der Waals surface area contributed by atoms with E-state index in [-0.39, 0.29) is 17.5 Å². The number of nitrogens with one attached hydrogen (secondary N) is 1. The van der Waals surface area contributed by atoms with Crippen LogP contribution >= 0.6 is 11.3 Å². The summed E-state index contributed by atoms with van der Waals surface area (Å²) in [5.41, 5.74) is 2.02. The first-order valence-electron chi connectivity index (χ1n) is 8.06. The highest BCUT2D eigenvalue weighted by atomic mass is 32.1. The largest absolute Gasteiger partial charge is 0.302 e. The summed E-state index contributed by atoms with van der Waals surface area (Å²) in [5, 5.41) is 16.3. The minimum absolute atomic E-state index is 0.0329. The van der Waals surface area contributed by atoms with Crippen LogP contribution in [0.4, 0.5) is 10.8 Å². The topological polar surface area (TPSA) is 85.1 Å². The highest BCUT2D eigenvalue weighted by Gasteiger charge is 2.22. The van der Waals surface area contributed by atoms with E-state index >= 15 is 0 Å². The molecule has 1 saturated carbocycles. The zero-order valence-corrected chi connectivity index (χ0v) is 14.3. The molecule has 0 saturated heterocycles. The number of amides is 1. The number of anilines is 1. The van der Waals surface area contributed by atoms with E-state index in [9.17, 15) is 14.9 Å². The lowest BCUT2D eigenvalue weighted by atomic mass is 9.89. The number of thiazole rings is 1. The highest BCUT2D eigenvalue weighted by Crippen LogP contribution is 2.30. The van der Waals surface area contributed by atoms with Crippen LogP contribution in [-0.2, 0) is 4.79 Å². The molecule has 1 aliphatic rings. The lowest BCUT2D eigenvalue weighted by molar-refractivity contribution is -0.385. The average Bonchev–Trinajstić information content (AvgIpc) is 3.04. The summed E-state index contributed by atoms with van der Waals surface area (Å²) in [7, 11) is 0. The zero-order chi connectivity index (χ0) is 17.1. The molecule has 0 bridgehead atoms. The number of nitro groups is 1. The number of rotatable bonds is 4.